The zero-order chi connectivity index (χ0) is 14.8. The molecule has 1 rings (SSSR count). The van der Waals surface area contributed by atoms with Crippen molar-refractivity contribution >= 4 is 6.29 Å². The van der Waals surface area contributed by atoms with Gasteiger partial charge in [-0.25, -0.2) is 0 Å². The molecule has 0 heterocycles. The van der Waals surface area contributed by atoms with Crippen LogP contribution in [0.3, 0.4) is 0 Å². The van der Waals surface area contributed by atoms with Crippen molar-refractivity contribution in [2.24, 2.45) is 0 Å². The highest BCUT2D eigenvalue weighted by atomic mass is 16.5. The number of methoxy groups -OCH3 is 1. The number of ether oxygens (including phenoxy) is 3. The molecule has 0 aromatic rings. The highest BCUT2D eigenvalue weighted by molar-refractivity contribution is 5.75. The summed E-state index contributed by atoms with van der Waals surface area (Å²) in [7, 11) is 1.62. The standard InChI is InChI=1S/C16H26O4/c1-4-6-8-19-14-10-13(12-17)11-15(16(14)18-3)20-9-7-5-2/h10,12,15H,4-9,11H2,1-3H3/t15-/m1/s1. The molecular weight excluding hydrogens is 256 g/mol. The van der Waals surface area contributed by atoms with Crippen molar-refractivity contribution in [1.82, 2.24) is 0 Å². The maximum Gasteiger partial charge on any atom is 0.166 e. The number of aldehydes is 1. The Balaban J connectivity index is 2.78. The van der Waals surface area contributed by atoms with E-state index in [1.165, 1.54) is 0 Å². The molecule has 0 saturated carbocycles. The summed E-state index contributed by atoms with van der Waals surface area (Å²) in [6.07, 6.45) is 7.09. The lowest BCUT2D eigenvalue weighted by Gasteiger charge is -2.26. The number of rotatable bonds is 10. The Kier molecular flexibility index (Phi) is 8.04. The second-order valence-corrected chi connectivity index (χ2v) is 4.89. The molecule has 0 saturated heterocycles. The van der Waals surface area contributed by atoms with Crippen LogP contribution in [0.2, 0.25) is 0 Å². The fraction of sp³-hybridized carbons (Fsp3) is 0.688. The molecular formula is C16H26O4. The average Bonchev–Trinajstić information content (AvgIpc) is 2.47. The minimum Gasteiger partial charge on any atom is -0.494 e. The Hall–Kier alpha value is -1.29. The van der Waals surface area contributed by atoms with E-state index in [1.807, 2.05) is 0 Å². The van der Waals surface area contributed by atoms with Crippen molar-refractivity contribution < 1.29 is 19.0 Å². The van der Waals surface area contributed by atoms with E-state index in [9.17, 15) is 4.79 Å². The first kappa shape index (κ1) is 16.8. The van der Waals surface area contributed by atoms with Gasteiger partial charge < -0.3 is 14.2 Å². The van der Waals surface area contributed by atoms with Crippen LogP contribution in [0.25, 0.3) is 0 Å². The van der Waals surface area contributed by atoms with E-state index < -0.39 is 0 Å². The number of unbranched alkanes of at least 4 members (excludes halogenated alkanes) is 2. The van der Waals surface area contributed by atoms with Crippen LogP contribution in [0.1, 0.15) is 46.0 Å². The monoisotopic (exact) mass is 282 g/mol. The van der Waals surface area contributed by atoms with Crippen LogP contribution in [-0.4, -0.2) is 32.7 Å². The van der Waals surface area contributed by atoms with Gasteiger partial charge in [-0.05, 0) is 24.5 Å². The highest BCUT2D eigenvalue weighted by Crippen LogP contribution is 2.27. The molecule has 0 spiro atoms. The van der Waals surface area contributed by atoms with E-state index >= 15 is 0 Å². The summed E-state index contributed by atoms with van der Waals surface area (Å²) in [6, 6.07) is 0. The van der Waals surface area contributed by atoms with Gasteiger partial charge in [-0.2, -0.15) is 0 Å². The van der Waals surface area contributed by atoms with Gasteiger partial charge in [0.05, 0.1) is 13.7 Å². The molecule has 1 aliphatic carbocycles. The van der Waals surface area contributed by atoms with Crippen molar-refractivity contribution in [1.29, 1.82) is 0 Å². The fourth-order valence-corrected chi connectivity index (χ4v) is 2.02. The predicted molar refractivity (Wildman–Crippen MR) is 78.3 cm³/mol. The molecule has 0 bridgehead atoms. The third kappa shape index (κ3) is 5.00. The molecule has 0 unspecified atom stereocenters. The van der Waals surface area contributed by atoms with Gasteiger partial charge in [0.2, 0.25) is 0 Å². The fourth-order valence-electron chi connectivity index (χ4n) is 2.02. The van der Waals surface area contributed by atoms with Gasteiger partial charge in [-0.1, -0.05) is 26.7 Å². The van der Waals surface area contributed by atoms with Crippen molar-refractivity contribution in [3.05, 3.63) is 23.2 Å². The van der Waals surface area contributed by atoms with Gasteiger partial charge in [-0.3, -0.25) is 4.79 Å². The Morgan fingerprint density at radius 2 is 1.95 bits per heavy atom. The van der Waals surface area contributed by atoms with Gasteiger partial charge >= 0.3 is 0 Å². The maximum absolute atomic E-state index is 11.1. The van der Waals surface area contributed by atoms with Crippen molar-refractivity contribution in [2.45, 2.75) is 52.1 Å². The molecule has 20 heavy (non-hydrogen) atoms. The molecule has 0 aromatic carbocycles. The van der Waals surface area contributed by atoms with Crippen LogP contribution in [0.5, 0.6) is 0 Å². The quantitative estimate of drug-likeness (QED) is 0.455. The van der Waals surface area contributed by atoms with Crippen LogP contribution in [-0.2, 0) is 19.0 Å². The van der Waals surface area contributed by atoms with Crippen LogP contribution in [0.15, 0.2) is 23.2 Å². The summed E-state index contributed by atoms with van der Waals surface area (Å²) in [6.45, 7) is 5.53. The normalized spacial score (nSPS) is 18.8. The molecule has 0 N–H and O–H groups in total. The first-order valence-electron chi connectivity index (χ1n) is 7.45. The number of carbonyl (C=O) groups is 1. The van der Waals surface area contributed by atoms with E-state index in [2.05, 4.69) is 13.8 Å². The lowest BCUT2D eigenvalue weighted by molar-refractivity contribution is -0.105. The number of carbonyl (C=O) groups excluding carboxylic acids is 1. The molecule has 0 aliphatic heterocycles. The highest BCUT2D eigenvalue weighted by Gasteiger charge is 2.26. The Labute approximate surface area is 121 Å². The first-order chi connectivity index (χ1) is 9.76. The van der Waals surface area contributed by atoms with Crippen molar-refractivity contribution in [3.8, 4) is 0 Å². The second-order valence-electron chi connectivity index (χ2n) is 4.89. The van der Waals surface area contributed by atoms with Gasteiger partial charge in [0.25, 0.3) is 0 Å². The third-order valence-electron chi connectivity index (χ3n) is 3.22. The Morgan fingerprint density at radius 3 is 2.55 bits per heavy atom. The first-order valence-corrected chi connectivity index (χ1v) is 7.45. The summed E-state index contributed by atoms with van der Waals surface area (Å²) in [5.74, 6) is 1.33. The van der Waals surface area contributed by atoms with Crippen LogP contribution in [0, 0.1) is 0 Å². The molecule has 0 amide bonds. The van der Waals surface area contributed by atoms with Gasteiger partial charge in [0.1, 0.15) is 12.4 Å². The molecule has 0 fully saturated rings. The topological polar surface area (TPSA) is 44.8 Å². The summed E-state index contributed by atoms with van der Waals surface area (Å²) in [5.41, 5.74) is 0.693. The largest absolute Gasteiger partial charge is 0.494 e. The summed E-state index contributed by atoms with van der Waals surface area (Å²) < 4.78 is 17.0. The van der Waals surface area contributed by atoms with Crippen LogP contribution >= 0.6 is 0 Å². The van der Waals surface area contributed by atoms with Crippen molar-refractivity contribution in [2.75, 3.05) is 20.3 Å². The molecule has 114 valence electrons. The molecule has 0 aromatic heterocycles. The average molecular weight is 282 g/mol. The minimum absolute atomic E-state index is 0.214. The maximum atomic E-state index is 11.1. The molecule has 1 aliphatic rings. The van der Waals surface area contributed by atoms with E-state index in [1.54, 1.807) is 13.2 Å². The molecule has 0 radical (unpaired) electrons. The Bertz CT molecular complexity index is 357. The molecule has 4 nitrogen and oxygen atoms in total. The summed E-state index contributed by atoms with van der Waals surface area (Å²) >= 11 is 0. The van der Waals surface area contributed by atoms with Gasteiger partial charge in [0, 0.05) is 13.0 Å². The summed E-state index contributed by atoms with van der Waals surface area (Å²) in [4.78, 5) is 11.1. The Morgan fingerprint density at radius 1 is 1.25 bits per heavy atom. The van der Waals surface area contributed by atoms with Crippen LogP contribution < -0.4 is 0 Å². The molecule has 1 atom stereocenters. The number of hydrogen-bond donors (Lipinski definition) is 0. The smallest absolute Gasteiger partial charge is 0.166 e. The van der Waals surface area contributed by atoms with E-state index in [4.69, 9.17) is 14.2 Å². The summed E-state index contributed by atoms with van der Waals surface area (Å²) in [5, 5.41) is 0. The SMILES string of the molecule is CCCCOC1=C(OC)[C@H](OCCCC)CC(C=O)=C1. The number of allylic oxidation sites excluding steroid dienone is 1. The lowest BCUT2D eigenvalue weighted by atomic mass is 10.0. The predicted octanol–water partition coefficient (Wildman–Crippen LogP) is 3.38. The van der Waals surface area contributed by atoms with Gasteiger partial charge in [0.15, 0.2) is 11.5 Å². The zero-order valence-corrected chi connectivity index (χ0v) is 12.8. The van der Waals surface area contributed by atoms with Crippen LogP contribution in [0.4, 0.5) is 0 Å². The third-order valence-corrected chi connectivity index (χ3v) is 3.22. The minimum atomic E-state index is -0.214. The number of hydrogen-bond acceptors (Lipinski definition) is 4. The second kappa shape index (κ2) is 9.59. The van der Waals surface area contributed by atoms with E-state index in [0.717, 1.165) is 32.0 Å². The zero-order valence-electron chi connectivity index (χ0n) is 12.8. The van der Waals surface area contributed by atoms with E-state index in [-0.39, 0.29) is 6.10 Å². The van der Waals surface area contributed by atoms with Crippen molar-refractivity contribution in [3.63, 3.8) is 0 Å². The lowest BCUT2D eigenvalue weighted by Crippen LogP contribution is -2.24. The van der Waals surface area contributed by atoms with E-state index in [0.29, 0.717) is 36.7 Å². The van der Waals surface area contributed by atoms with Gasteiger partial charge in [-0.15, -0.1) is 0 Å². The molecule has 4 heteroatoms.